The van der Waals surface area contributed by atoms with Crippen LogP contribution in [0.5, 0.6) is 17.2 Å². The van der Waals surface area contributed by atoms with Crippen molar-refractivity contribution in [2.75, 3.05) is 5.09 Å². The SMILES string of the molecule is CC(Cc1c(O)cc(O)cc1NP(=O)(O)O)c1cccc(O)c1. The standard InChI is InChI=1S/C15H18NO6P/c1-9(10-3-2-4-11(17)6-10)5-13-14(16-23(20,21)22)7-12(18)8-15(13)19/h2-4,6-9,17-19H,5H2,1H3,(H3,16,20,21,22). The molecule has 2 aromatic carbocycles. The van der Waals surface area contributed by atoms with E-state index in [4.69, 9.17) is 9.79 Å². The van der Waals surface area contributed by atoms with Crippen LogP contribution in [0.3, 0.4) is 0 Å². The summed E-state index contributed by atoms with van der Waals surface area (Å²) in [6.07, 6.45) is 0.248. The van der Waals surface area contributed by atoms with Gasteiger partial charge in [0.2, 0.25) is 0 Å². The molecule has 1 unspecified atom stereocenters. The van der Waals surface area contributed by atoms with Crippen molar-refractivity contribution < 1.29 is 29.7 Å². The summed E-state index contributed by atoms with van der Waals surface area (Å²) < 4.78 is 11.2. The van der Waals surface area contributed by atoms with Gasteiger partial charge in [0.25, 0.3) is 0 Å². The maximum atomic E-state index is 11.2. The second kappa shape index (κ2) is 6.50. The second-order valence-electron chi connectivity index (χ2n) is 5.35. The van der Waals surface area contributed by atoms with Crippen LogP contribution in [-0.4, -0.2) is 25.1 Å². The predicted octanol–water partition coefficient (Wildman–Crippen LogP) is 2.65. The zero-order chi connectivity index (χ0) is 17.2. The molecule has 6 N–H and O–H groups in total. The first-order valence-electron chi connectivity index (χ1n) is 6.83. The minimum absolute atomic E-state index is 0.0390. The summed E-state index contributed by atoms with van der Waals surface area (Å²) in [4.78, 5) is 18.1. The number of anilines is 1. The van der Waals surface area contributed by atoms with Crippen molar-refractivity contribution >= 4 is 13.4 Å². The van der Waals surface area contributed by atoms with E-state index in [-0.39, 0.29) is 40.8 Å². The maximum absolute atomic E-state index is 11.2. The van der Waals surface area contributed by atoms with Gasteiger partial charge in [0.05, 0.1) is 5.69 Å². The van der Waals surface area contributed by atoms with Crippen molar-refractivity contribution in [2.24, 2.45) is 0 Å². The van der Waals surface area contributed by atoms with E-state index in [1.807, 2.05) is 12.0 Å². The summed E-state index contributed by atoms with van der Waals surface area (Å²) in [6, 6.07) is 8.86. The first-order valence-corrected chi connectivity index (χ1v) is 8.44. The van der Waals surface area contributed by atoms with Crippen LogP contribution in [0.25, 0.3) is 0 Å². The number of hydrogen-bond acceptors (Lipinski definition) is 4. The Kier molecular flexibility index (Phi) is 4.85. The average Bonchev–Trinajstić information content (AvgIpc) is 2.40. The third-order valence-corrected chi connectivity index (χ3v) is 3.96. The number of nitrogens with one attached hydrogen (secondary N) is 1. The van der Waals surface area contributed by atoms with Crippen LogP contribution in [0.15, 0.2) is 36.4 Å². The van der Waals surface area contributed by atoms with E-state index in [9.17, 15) is 19.9 Å². The van der Waals surface area contributed by atoms with Crippen molar-refractivity contribution in [3.63, 3.8) is 0 Å². The van der Waals surface area contributed by atoms with E-state index >= 15 is 0 Å². The highest BCUT2D eigenvalue weighted by Gasteiger charge is 2.20. The minimum Gasteiger partial charge on any atom is -0.508 e. The van der Waals surface area contributed by atoms with E-state index < -0.39 is 7.75 Å². The molecule has 0 aliphatic rings. The van der Waals surface area contributed by atoms with Crippen LogP contribution in [-0.2, 0) is 11.0 Å². The van der Waals surface area contributed by atoms with Gasteiger partial charge >= 0.3 is 7.75 Å². The lowest BCUT2D eigenvalue weighted by Crippen LogP contribution is -2.04. The summed E-state index contributed by atoms with van der Waals surface area (Å²) >= 11 is 0. The molecule has 124 valence electrons. The highest BCUT2D eigenvalue weighted by Crippen LogP contribution is 2.42. The normalized spacial score (nSPS) is 12.8. The Bertz CT molecular complexity index is 758. The quantitative estimate of drug-likeness (QED) is 0.462. The molecule has 8 heteroatoms. The van der Waals surface area contributed by atoms with Gasteiger partial charge in [-0.3, -0.25) is 5.09 Å². The van der Waals surface area contributed by atoms with Crippen LogP contribution >= 0.6 is 7.75 Å². The molecule has 0 heterocycles. The third kappa shape index (κ3) is 4.63. The summed E-state index contributed by atoms with van der Waals surface area (Å²) in [5, 5.41) is 31.1. The number of aromatic hydroxyl groups is 3. The highest BCUT2D eigenvalue weighted by molar-refractivity contribution is 7.53. The van der Waals surface area contributed by atoms with Crippen LogP contribution in [0.1, 0.15) is 24.0 Å². The van der Waals surface area contributed by atoms with Crippen molar-refractivity contribution in [2.45, 2.75) is 19.3 Å². The van der Waals surface area contributed by atoms with Gasteiger partial charge in [0.15, 0.2) is 0 Å². The van der Waals surface area contributed by atoms with Gasteiger partial charge in [0, 0.05) is 17.7 Å². The fraction of sp³-hybridized carbons (Fsp3) is 0.200. The number of phenols is 3. The van der Waals surface area contributed by atoms with Crippen molar-refractivity contribution in [3.8, 4) is 17.2 Å². The lowest BCUT2D eigenvalue weighted by Gasteiger charge is -2.18. The van der Waals surface area contributed by atoms with E-state index in [2.05, 4.69) is 0 Å². The first kappa shape index (κ1) is 17.1. The van der Waals surface area contributed by atoms with Gasteiger partial charge in [-0.05, 0) is 30.0 Å². The van der Waals surface area contributed by atoms with Crippen molar-refractivity contribution in [3.05, 3.63) is 47.5 Å². The molecular formula is C15H18NO6P. The van der Waals surface area contributed by atoms with E-state index in [1.54, 1.807) is 18.2 Å². The molecule has 0 fully saturated rings. The third-order valence-electron chi connectivity index (χ3n) is 3.43. The molecule has 2 aromatic rings. The number of phenolic OH excluding ortho intramolecular Hbond substituents is 3. The topological polar surface area (TPSA) is 130 Å². The van der Waals surface area contributed by atoms with E-state index in [1.165, 1.54) is 6.07 Å². The van der Waals surface area contributed by atoms with Gasteiger partial charge in [-0.1, -0.05) is 19.1 Å². The fourth-order valence-corrected chi connectivity index (χ4v) is 2.88. The molecule has 0 aliphatic carbocycles. The lowest BCUT2D eigenvalue weighted by molar-refractivity contribution is 0.380. The molecule has 0 aromatic heterocycles. The lowest BCUT2D eigenvalue weighted by atomic mass is 9.92. The van der Waals surface area contributed by atoms with Gasteiger partial charge in [0.1, 0.15) is 17.2 Å². The molecule has 0 aliphatic heterocycles. The number of rotatable bonds is 5. The summed E-state index contributed by atoms with van der Waals surface area (Å²) in [5.41, 5.74) is 1.03. The smallest absolute Gasteiger partial charge is 0.427 e. The van der Waals surface area contributed by atoms with E-state index in [0.717, 1.165) is 17.7 Å². The Morgan fingerprint density at radius 2 is 1.78 bits per heavy atom. The second-order valence-corrected chi connectivity index (χ2v) is 6.66. The molecule has 0 saturated carbocycles. The average molecular weight is 339 g/mol. The summed E-state index contributed by atoms with van der Waals surface area (Å²) in [5.74, 6) is -0.618. The largest absolute Gasteiger partial charge is 0.508 e. The van der Waals surface area contributed by atoms with Crippen LogP contribution < -0.4 is 5.09 Å². The van der Waals surface area contributed by atoms with Crippen LogP contribution in [0.4, 0.5) is 5.69 Å². The van der Waals surface area contributed by atoms with Crippen LogP contribution in [0, 0.1) is 0 Å². The molecule has 0 spiro atoms. The van der Waals surface area contributed by atoms with Gasteiger partial charge in [-0.15, -0.1) is 0 Å². The molecule has 0 saturated heterocycles. The Balaban J connectivity index is 2.36. The number of benzene rings is 2. The zero-order valence-electron chi connectivity index (χ0n) is 12.3. The summed E-state index contributed by atoms with van der Waals surface area (Å²) in [7, 11) is -4.59. The molecule has 0 radical (unpaired) electrons. The molecule has 0 amide bonds. The molecule has 0 bridgehead atoms. The fourth-order valence-electron chi connectivity index (χ4n) is 2.37. The number of hydrogen-bond donors (Lipinski definition) is 6. The van der Waals surface area contributed by atoms with Crippen molar-refractivity contribution in [1.29, 1.82) is 0 Å². The highest BCUT2D eigenvalue weighted by atomic mass is 31.2. The molecule has 2 rings (SSSR count). The van der Waals surface area contributed by atoms with E-state index in [0.29, 0.717) is 0 Å². The van der Waals surface area contributed by atoms with Crippen molar-refractivity contribution in [1.82, 2.24) is 0 Å². The Morgan fingerprint density at radius 1 is 1.09 bits per heavy atom. The van der Waals surface area contributed by atoms with Crippen LogP contribution in [0.2, 0.25) is 0 Å². The Morgan fingerprint density at radius 3 is 2.39 bits per heavy atom. The van der Waals surface area contributed by atoms with Gasteiger partial charge in [-0.2, -0.15) is 0 Å². The molecule has 7 nitrogen and oxygen atoms in total. The molecular weight excluding hydrogens is 321 g/mol. The zero-order valence-corrected chi connectivity index (χ0v) is 13.2. The van der Waals surface area contributed by atoms with Gasteiger partial charge in [-0.25, -0.2) is 4.57 Å². The minimum atomic E-state index is -4.59. The maximum Gasteiger partial charge on any atom is 0.427 e. The summed E-state index contributed by atoms with van der Waals surface area (Å²) in [6.45, 7) is 1.85. The Hall–Kier alpha value is -2.21. The molecule has 23 heavy (non-hydrogen) atoms. The molecule has 1 atom stereocenters. The predicted molar refractivity (Wildman–Crippen MR) is 85.7 cm³/mol. The Labute approximate surface area is 133 Å². The van der Waals surface area contributed by atoms with Gasteiger partial charge < -0.3 is 25.1 Å². The monoisotopic (exact) mass is 339 g/mol. The first-order chi connectivity index (χ1) is 10.7.